The van der Waals surface area contributed by atoms with Gasteiger partial charge in [-0.25, -0.2) is 8.42 Å². The lowest BCUT2D eigenvalue weighted by Gasteiger charge is -2.20. The summed E-state index contributed by atoms with van der Waals surface area (Å²) in [6.45, 7) is 0.220. The van der Waals surface area contributed by atoms with Gasteiger partial charge in [0, 0.05) is 25.4 Å². The van der Waals surface area contributed by atoms with Crippen molar-refractivity contribution in [2.45, 2.75) is 6.54 Å². The number of hydrogen-bond donors (Lipinski definition) is 1. The number of carbonyl (C=O) groups excluding carboxylic acids is 2. The van der Waals surface area contributed by atoms with Crippen molar-refractivity contribution in [3.8, 4) is 11.1 Å². The van der Waals surface area contributed by atoms with Gasteiger partial charge >= 0.3 is 0 Å². The molecule has 2 aromatic carbocycles. The first-order valence-electron chi connectivity index (χ1n) is 7.58. The molecule has 2 rings (SSSR count). The molecule has 0 spiro atoms. The van der Waals surface area contributed by atoms with E-state index in [1.165, 1.54) is 4.90 Å². The predicted molar refractivity (Wildman–Crippen MR) is 96.6 cm³/mol. The molecule has 25 heavy (non-hydrogen) atoms. The third kappa shape index (κ3) is 4.90. The lowest BCUT2D eigenvalue weighted by atomic mass is 9.95. The predicted octanol–water partition coefficient (Wildman–Crippen LogP) is 1.46. The van der Waals surface area contributed by atoms with E-state index in [1.54, 1.807) is 31.3 Å². The molecule has 0 atom stereocenters. The quantitative estimate of drug-likeness (QED) is 0.843. The fourth-order valence-corrected chi connectivity index (χ4v) is 3.20. The second-order valence-electron chi connectivity index (χ2n) is 5.89. The maximum absolute atomic E-state index is 12.1. The summed E-state index contributed by atoms with van der Waals surface area (Å²) in [6.07, 6.45) is 1.02. The Morgan fingerprint density at radius 2 is 1.56 bits per heavy atom. The molecule has 0 aromatic heterocycles. The van der Waals surface area contributed by atoms with Crippen molar-refractivity contribution in [2.75, 3.05) is 19.1 Å². The summed E-state index contributed by atoms with van der Waals surface area (Å²) in [5.41, 5.74) is 8.08. The van der Waals surface area contributed by atoms with Crippen LogP contribution in [0.2, 0.25) is 0 Å². The van der Waals surface area contributed by atoms with Crippen LogP contribution in [0.5, 0.6) is 0 Å². The highest BCUT2D eigenvalue weighted by atomic mass is 32.2. The third-order valence-electron chi connectivity index (χ3n) is 3.72. The molecule has 0 aliphatic heterocycles. The van der Waals surface area contributed by atoms with E-state index >= 15 is 0 Å². The van der Waals surface area contributed by atoms with Gasteiger partial charge in [-0.15, -0.1) is 0 Å². The first-order valence-corrected chi connectivity index (χ1v) is 9.64. The van der Waals surface area contributed by atoms with Gasteiger partial charge in [0.1, 0.15) is 5.75 Å². The Morgan fingerprint density at radius 1 is 1.00 bits per heavy atom. The molecule has 0 radical (unpaired) electrons. The molecule has 6 nitrogen and oxygen atoms in total. The Kier molecular flexibility index (Phi) is 5.58. The number of rotatable bonds is 6. The first-order chi connectivity index (χ1) is 11.7. The zero-order valence-electron chi connectivity index (χ0n) is 14.1. The van der Waals surface area contributed by atoms with Crippen molar-refractivity contribution in [2.24, 2.45) is 5.73 Å². The van der Waals surface area contributed by atoms with E-state index < -0.39 is 27.4 Å². The average molecular weight is 360 g/mol. The minimum Gasteiger partial charge on any atom is -0.366 e. The number of nitrogens with two attached hydrogens (primary N) is 1. The van der Waals surface area contributed by atoms with E-state index in [1.807, 2.05) is 24.3 Å². The second-order valence-corrected chi connectivity index (χ2v) is 8.03. The SMILES string of the molecule is CN(Cc1ccccc1-c1ccccc1C(N)=O)C(=O)CS(C)(=O)=O. The van der Waals surface area contributed by atoms with Crippen molar-refractivity contribution in [1.29, 1.82) is 0 Å². The molecule has 0 unspecified atom stereocenters. The van der Waals surface area contributed by atoms with Crippen LogP contribution in [0, 0.1) is 0 Å². The monoisotopic (exact) mass is 360 g/mol. The van der Waals surface area contributed by atoms with Crippen molar-refractivity contribution >= 4 is 21.7 Å². The molecule has 2 aromatic rings. The van der Waals surface area contributed by atoms with Crippen LogP contribution >= 0.6 is 0 Å². The van der Waals surface area contributed by atoms with Gasteiger partial charge in [0.25, 0.3) is 0 Å². The fourth-order valence-electron chi connectivity index (χ4n) is 2.53. The Morgan fingerprint density at radius 3 is 2.16 bits per heavy atom. The van der Waals surface area contributed by atoms with Crippen LogP contribution < -0.4 is 5.73 Å². The number of hydrogen-bond acceptors (Lipinski definition) is 4. The molecule has 2 amide bonds. The van der Waals surface area contributed by atoms with E-state index in [9.17, 15) is 18.0 Å². The molecule has 7 heteroatoms. The summed E-state index contributed by atoms with van der Waals surface area (Å²) in [6, 6.07) is 14.3. The number of primary amides is 1. The fraction of sp³-hybridized carbons (Fsp3) is 0.222. The van der Waals surface area contributed by atoms with Gasteiger partial charge in [-0.3, -0.25) is 9.59 Å². The largest absolute Gasteiger partial charge is 0.366 e. The van der Waals surface area contributed by atoms with Crippen LogP contribution in [-0.2, 0) is 21.2 Å². The average Bonchev–Trinajstić information content (AvgIpc) is 2.53. The zero-order valence-corrected chi connectivity index (χ0v) is 14.9. The number of benzene rings is 2. The standard InChI is InChI=1S/C18H20N2O4S/c1-20(17(21)12-25(2,23)24)11-13-7-3-4-8-14(13)15-9-5-6-10-16(15)18(19)22/h3-10H,11-12H2,1-2H3,(H2,19,22). The van der Waals surface area contributed by atoms with E-state index in [-0.39, 0.29) is 6.54 Å². The van der Waals surface area contributed by atoms with E-state index in [4.69, 9.17) is 5.73 Å². The topological polar surface area (TPSA) is 97.5 Å². The summed E-state index contributed by atoms with van der Waals surface area (Å²) in [4.78, 5) is 25.1. The van der Waals surface area contributed by atoms with Gasteiger partial charge in [0.2, 0.25) is 11.8 Å². The molecule has 132 valence electrons. The third-order valence-corrected chi connectivity index (χ3v) is 4.49. The van der Waals surface area contributed by atoms with Gasteiger partial charge in [-0.2, -0.15) is 0 Å². The summed E-state index contributed by atoms with van der Waals surface area (Å²) < 4.78 is 22.6. The lowest BCUT2D eigenvalue weighted by molar-refractivity contribution is -0.127. The van der Waals surface area contributed by atoms with Gasteiger partial charge in [-0.1, -0.05) is 42.5 Å². The van der Waals surface area contributed by atoms with Crippen LogP contribution in [0.25, 0.3) is 11.1 Å². The lowest BCUT2D eigenvalue weighted by Crippen LogP contribution is -2.31. The molecule has 0 saturated carbocycles. The van der Waals surface area contributed by atoms with Crippen LogP contribution in [-0.4, -0.2) is 44.2 Å². The smallest absolute Gasteiger partial charge is 0.249 e. The Labute approximate surface area is 147 Å². The number of amides is 2. The van der Waals surface area contributed by atoms with Crippen molar-refractivity contribution in [3.63, 3.8) is 0 Å². The molecule has 0 heterocycles. The highest BCUT2D eigenvalue weighted by Crippen LogP contribution is 2.27. The van der Waals surface area contributed by atoms with Crippen LogP contribution in [0.4, 0.5) is 0 Å². The molecular formula is C18H20N2O4S. The first kappa shape index (κ1) is 18.7. The minimum atomic E-state index is -3.39. The molecule has 0 saturated heterocycles. The van der Waals surface area contributed by atoms with Gasteiger partial charge in [0.05, 0.1) is 0 Å². The van der Waals surface area contributed by atoms with Crippen molar-refractivity contribution in [1.82, 2.24) is 4.90 Å². The zero-order chi connectivity index (χ0) is 18.6. The van der Waals surface area contributed by atoms with Crippen molar-refractivity contribution < 1.29 is 18.0 Å². The Hall–Kier alpha value is -2.67. The van der Waals surface area contributed by atoms with Gasteiger partial charge < -0.3 is 10.6 Å². The highest BCUT2D eigenvalue weighted by molar-refractivity contribution is 7.91. The second kappa shape index (κ2) is 7.48. The number of sulfone groups is 1. The number of carbonyl (C=O) groups is 2. The maximum Gasteiger partial charge on any atom is 0.249 e. The highest BCUT2D eigenvalue weighted by Gasteiger charge is 2.18. The van der Waals surface area contributed by atoms with E-state index in [2.05, 4.69) is 0 Å². The van der Waals surface area contributed by atoms with Crippen LogP contribution in [0.3, 0.4) is 0 Å². The summed E-state index contributed by atoms with van der Waals surface area (Å²) in [5, 5.41) is 0. The number of nitrogens with zero attached hydrogens (tertiary/aromatic N) is 1. The molecule has 0 aliphatic rings. The van der Waals surface area contributed by atoms with Crippen LogP contribution in [0.15, 0.2) is 48.5 Å². The normalized spacial score (nSPS) is 11.1. The van der Waals surface area contributed by atoms with Crippen molar-refractivity contribution in [3.05, 3.63) is 59.7 Å². The molecule has 0 aliphatic carbocycles. The molecule has 0 fully saturated rings. The van der Waals surface area contributed by atoms with Crippen LogP contribution in [0.1, 0.15) is 15.9 Å². The molecular weight excluding hydrogens is 340 g/mol. The molecule has 0 bridgehead atoms. The van der Waals surface area contributed by atoms with E-state index in [0.29, 0.717) is 11.1 Å². The Bertz CT molecular complexity index is 907. The molecule has 2 N–H and O–H groups in total. The van der Waals surface area contributed by atoms with Gasteiger partial charge in [-0.05, 0) is 22.8 Å². The van der Waals surface area contributed by atoms with Gasteiger partial charge in [0.15, 0.2) is 9.84 Å². The minimum absolute atomic E-state index is 0.220. The Balaban J connectivity index is 2.37. The maximum atomic E-state index is 12.1. The summed E-state index contributed by atoms with van der Waals surface area (Å²) in [5.74, 6) is -1.56. The van der Waals surface area contributed by atoms with E-state index in [0.717, 1.165) is 17.4 Å². The summed E-state index contributed by atoms with van der Waals surface area (Å²) >= 11 is 0. The summed E-state index contributed by atoms with van der Waals surface area (Å²) in [7, 11) is -1.85.